The second-order valence-corrected chi connectivity index (χ2v) is 10.6. The van der Waals surface area contributed by atoms with E-state index in [4.69, 9.17) is 9.97 Å². The van der Waals surface area contributed by atoms with E-state index in [0.29, 0.717) is 5.92 Å². The number of likely N-dealkylation sites (N-methyl/N-ethyl adjacent to an activating group) is 1. The van der Waals surface area contributed by atoms with Gasteiger partial charge >= 0.3 is 0 Å². The lowest BCUT2D eigenvalue weighted by atomic mass is 9.93. The number of nitrogens with zero attached hydrogens (tertiary/aromatic N) is 6. The molecule has 2 aliphatic rings. The Kier molecular flexibility index (Phi) is 6.07. The fraction of sp³-hybridized carbons (Fsp3) is 0.370. The van der Waals surface area contributed by atoms with E-state index >= 15 is 0 Å². The van der Waals surface area contributed by atoms with Gasteiger partial charge in [0.1, 0.15) is 11.8 Å². The first-order valence-corrected chi connectivity index (χ1v) is 13.0. The molecule has 0 aliphatic carbocycles. The lowest BCUT2D eigenvalue weighted by molar-refractivity contribution is 0.313. The molecular weight excluding hydrogens is 440 g/mol. The SMILES string of the molecule is CN1CCN(c2cnc3c(C4CCN(Sc5ccc6ccccc6c5)CC4)ncnc3c2)CC1. The number of anilines is 1. The Morgan fingerprint density at radius 1 is 0.824 bits per heavy atom. The molecule has 2 saturated heterocycles. The van der Waals surface area contributed by atoms with Crippen molar-refractivity contribution in [1.82, 2.24) is 24.2 Å². The summed E-state index contributed by atoms with van der Waals surface area (Å²) < 4.78 is 2.49. The van der Waals surface area contributed by atoms with Crippen LogP contribution in [0.1, 0.15) is 24.5 Å². The molecule has 0 bridgehead atoms. The van der Waals surface area contributed by atoms with Gasteiger partial charge in [-0.25, -0.2) is 14.3 Å². The molecule has 0 atom stereocenters. The molecule has 0 spiro atoms. The second kappa shape index (κ2) is 9.49. The van der Waals surface area contributed by atoms with Crippen LogP contribution >= 0.6 is 11.9 Å². The van der Waals surface area contributed by atoms with E-state index in [-0.39, 0.29) is 0 Å². The summed E-state index contributed by atoms with van der Waals surface area (Å²) in [7, 11) is 2.18. The van der Waals surface area contributed by atoms with Crippen molar-refractivity contribution >= 4 is 39.4 Å². The normalized spacial score (nSPS) is 18.7. The Bertz CT molecular complexity index is 1290. The highest BCUT2D eigenvalue weighted by molar-refractivity contribution is 7.97. The minimum atomic E-state index is 0.431. The average molecular weight is 471 g/mol. The number of aromatic nitrogens is 3. The van der Waals surface area contributed by atoms with Crippen molar-refractivity contribution in [3.05, 3.63) is 66.7 Å². The van der Waals surface area contributed by atoms with Gasteiger partial charge in [-0.2, -0.15) is 0 Å². The van der Waals surface area contributed by atoms with Crippen LogP contribution in [-0.2, 0) is 0 Å². The third kappa shape index (κ3) is 4.48. The maximum Gasteiger partial charge on any atom is 0.116 e. The minimum absolute atomic E-state index is 0.431. The molecule has 0 radical (unpaired) electrons. The molecule has 34 heavy (non-hydrogen) atoms. The maximum atomic E-state index is 4.87. The molecule has 0 saturated carbocycles. The van der Waals surface area contributed by atoms with E-state index in [2.05, 4.69) is 74.7 Å². The molecule has 4 heterocycles. The summed E-state index contributed by atoms with van der Waals surface area (Å²) in [5.74, 6) is 0.431. The van der Waals surface area contributed by atoms with Crippen LogP contribution < -0.4 is 4.90 Å². The number of hydrogen-bond acceptors (Lipinski definition) is 7. The van der Waals surface area contributed by atoms with Crippen molar-refractivity contribution in [2.24, 2.45) is 0 Å². The van der Waals surface area contributed by atoms with Crippen LogP contribution in [0.4, 0.5) is 5.69 Å². The number of hydrogen-bond donors (Lipinski definition) is 0. The van der Waals surface area contributed by atoms with Crippen molar-refractivity contribution < 1.29 is 0 Å². The fourth-order valence-electron chi connectivity index (χ4n) is 5.08. The van der Waals surface area contributed by atoms with Crippen LogP contribution in [0.3, 0.4) is 0 Å². The second-order valence-electron chi connectivity index (χ2n) is 9.41. The lowest BCUT2D eigenvalue weighted by Gasteiger charge is -2.34. The van der Waals surface area contributed by atoms with Gasteiger partial charge in [0.15, 0.2) is 0 Å². The molecular formula is C27H30N6S. The van der Waals surface area contributed by atoms with Gasteiger partial charge in [-0.05, 0) is 60.8 Å². The Morgan fingerprint density at radius 3 is 2.44 bits per heavy atom. The summed E-state index contributed by atoms with van der Waals surface area (Å²) in [6.45, 7) is 6.34. The molecule has 2 aliphatic heterocycles. The van der Waals surface area contributed by atoms with Crippen LogP contribution in [0.15, 0.2) is 66.0 Å². The zero-order valence-corrected chi connectivity index (χ0v) is 20.4. The predicted molar refractivity (Wildman–Crippen MR) is 140 cm³/mol. The van der Waals surface area contributed by atoms with Crippen molar-refractivity contribution in [1.29, 1.82) is 0 Å². The van der Waals surface area contributed by atoms with E-state index < -0.39 is 0 Å². The van der Waals surface area contributed by atoms with Gasteiger partial charge in [0.2, 0.25) is 0 Å². The highest BCUT2D eigenvalue weighted by atomic mass is 32.2. The molecule has 2 aromatic carbocycles. The van der Waals surface area contributed by atoms with E-state index in [1.165, 1.54) is 21.4 Å². The summed E-state index contributed by atoms with van der Waals surface area (Å²) in [6.07, 6.45) is 5.93. The molecule has 0 amide bonds. The molecule has 2 fully saturated rings. The number of piperidine rings is 1. The number of pyridine rings is 1. The Balaban J connectivity index is 1.14. The van der Waals surface area contributed by atoms with Crippen molar-refractivity contribution in [2.45, 2.75) is 23.7 Å². The average Bonchev–Trinajstić information content (AvgIpc) is 2.89. The largest absolute Gasteiger partial charge is 0.368 e. The topological polar surface area (TPSA) is 48.4 Å². The fourth-order valence-corrected chi connectivity index (χ4v) is 6.08. The quantitative estimate of drug-likeness (QED) is 0.397. The van der Waals surface area contributed by atoms with Gasteiger partial charge in [0.25, 0.3) is 0 Å². The molecule has 174 valence electrons. The van der Waals surface area contributed by atoms with E-state index in [0.717, 1.165) is 68.8 Å². The van der Waals surface area contributed by atoms with Gasteiger partial charge < -0.3 is 9.80 Å². The van der Waals surface area contributed by atoms with Crippen LogP contribution in [0.5, 0.6) is 0 Å². The predicted octanol–water partition coefficient (Wildman–Crippen LogP) is 4.82. The first-order chi connectivity index (χ1) is 16.7. The highest BCUT2D eigenvalue weighted by Crippen LogP contribution is 2.35. The van der Waals surface area contributed by atoms with E-state index in [1.54, 1.807) is 6.33 Å². The molecule has 0 N–H and O–H groups in total. The summed E-state index contributed by atoms with van der Waals surface area (Å²) in [6, 6.07) is 17.5. The number of piperazine rings is 1. The first-order valence-electron chi connectivity index (χ1n) is 12.2. The molecule has 4 aromatic rings. The summed E-state index contributed by atoms with van der Waals surface area (Å²) >= 11 is 1.87. The standard InChI is InChI=1S/C27H30N6S/c1-31-12-14-32(15-13-31)23-17-25-27(28-18-23)26(30-19-29-25)21-8-10-33(11-9-21)34-24-7-6-20-4-2-3-5-22(20)16-24/h2-7,16-19,21H,8-15H2,1H3. The third-order valence-electron chi connectivity index (χ3n) is 7.15. The molecule has 6 rings (SSSR count). The zero-order chi connectivity index (χ0) is 22.9. The Hall–Kier alpha value is -2.74. The van der Waals surface area contributed by atoms with Gasteiger partial charge in [-0.1, -0.05) is 30.3 Å². The lowest BCUT2D eigenvalue weighted by Crippen LogP contribution is -2.44. The number of rotatable bonds is 4. The number of fused-ring (bicyclic) bond motifs is 2. The monoisotopic (exact) mass is 470 g/mol. The first kappa shape index (κ1) is 21.8. The van der Waals surface area contributed by atoms with Crippen LogP contribution in [0.2, 0.25) is 0 Å². The van der Waals surface area contributed by atoms with Crippen molar-refractivity contribution in [3.8, 4) is 0 Å². The summed E-state index contributed by atoms with van der Waals surface area (Å²) in [4.78, 5) is 20.2. The highest BCUT2D eigenvalue weighted by Gasteiger charge is 2.25. The van der Waals surface area contributed by atoms with Gasteiger partial charge in [0.05, 0.1) is 23.1 Å². The Labute approximate surface area is 205 Å². The van der Waals surface area contributed by atoms with Crippen LogP contribution in [0, 0.1) is 0 Å². The van der Waals surface area contributed by atoms with Gasteiger partial charge in [0, 0.05) is 50.1 Å². The van der Waals surface area contributed by atoms with Crippen LogP contribution in [-0.4, -0.2) is 70.5 Å². The molecule has 2 aromatic heterocycles. The summed E-state index contributed by atoms with van der Waals surface area (Å²) in [5.41, 5.74) is 4.23. The van der Waals surface area contributed by atoms with Gasteiger partial charge in [-0.15, -0.1) is 0 Å². The van der Waals surface area contributed by atoms with E-state index in [9.17, 15) is 0 Å². The smallest absolute Gasteiger partial charge is 0.116 e. The zero-order valence-electron chi connectivity index (χ0n) is 19.6. The van der Waals surface area contributed by atoms with Crippen LogP contribution in [0.25, 0.3) is 21.8 Å². The van der Waals surface area contributed by atoms with Gasteiger partial charge in [-0.3, -0.25) is 4.98 Å². The van der Waals surface area contributed by atoms with Crippen molar-refractivity contribution in [2.75, 3.05) is 51.2 Å². The molecule has 7 heteroatoms. The maximum absolute atomic E-state index is 4.87. The summed E-state index contributed by atoms with van der Waals surface area (Å²) in [5, 5.41) is 2.60. The van der Waals surface area contributed by atoms with E-state index in [1.807, 2.05) is 18.1 Å². The Morgan fingerprint density at radius 2 is 1.62 bits per heavy atom. The minimum Gasteiger partial charge on any atom is -0.368 e. The molecule has 0 unspecified atom stereocenters. The number of benzene rings is 2. The third-order valence-corrected chi connectivity index (χ3v) is 8.24. The van der Waals surface area contributed by atoms with Crippen molar-refractivity contribution in [3.63, 3.8) is 0 Å². The molecule has 6 nitrogen and oxygen atoms in total.